The van der Waals surface area contributed by atoms with Gasteiger partial charge < -0.3 is 0 Å². The Hall–Kier alpha value is 0.300. The summed E-state index contributed by atoms with van der Waals surface area (Å²) in [5.74, 6) is 0. The first-order chi connectivity index (χ1) is 4.74. The second-order valence-electron chi connectivity index (χ2n) is 2.13. The van der Waals surface area contributed by atoms with E-state index in [0.717, 1.165) is 11.3 Å². The highest BCUT2D eigenvalue weighted by Gasteiger charge is 1.95. The molecule has 0 aliphatic carbocycles. The SMILES string of the molecule is CCc1ccc(S)cc1I. The van der Waals surface area contributed by atoms with Gasteiger partial charge in [-0.25, -0.2) is 0 Å². The molecule has 1 aromatic rings. The summed E-state index contributed by atoms with van der Waals surface area (Å²) >= 11 is 6.57. The zero-order valence-electron chi connectivity index (χ0n) is 5.76. The lowest BCUT2D eigenvalue weighted by molar-refractivity contribution is 1.11. The molecule has 10 heavy (non-hydrogen) atoms. The molecule has 0 N–H and O–H groups in total. The minimum absolute atomic E-state index is 1.04. The van der Waals surface area contributed by atoms with Crippen molar-refractivity contribution >= 4 is 35.2 Å². The van der Waals surface area contributed by atoms with Gasteiger partial charge in [-0.05, 0) is 46.7 Å². The van der Waals surface area contributed by atoms with Crippen LogP contribution in [0.5, 0.6) is 0 Å². The summed E-state index contributed by atoms with van der Waals surface area (Å²) in [4.78, 5) is 1.04. The van der Waals surface area contributed by atoms with Crippen LogP contribution in [0, 0.1) is 3.57 Å². The third-order valence-electron chi connectivity index (χ3n) is 1.42. The Labute approximate surface area is 80.6 Å². The number of halogens is 1. The molecule has 0 unspecified atom stereocenters. The predicted octanol–water partition coefficient (Wildman–Crippen LogP) is 3.14. The number of hydrogen-bond acceptors (Lipinski definition) is 1. The molecule has 0 heterocycles. The highest BCUT2D eigenvalue weighted by molar-refractivity contribution is 14.1. The number of rotatable bonds is 1. The third-order valence-corrected chi connectivity index (χ3v) is 2.70. The van der Waals surface area contributed by atoms with Gasteiger partial charge in [0.2, 0.25) is 0 Å². The van der Waals surface area contributed by atoms with Gasteiger partial charge in [0.25, 0.3) is 0 Å². The molecule has 0 fully saturated rings. The molecule has 0 nitrogen and oxygen atoms in total. The van der Waals surface area contributed by atoms with Gasteiger partial charge in [-0.15, -0.1) is 12.6 Å². The lowest BCUT2D eigenvalue weighted by Gasteiger charge is -2.00. The molecule has 0 radical (unpaired) electrons. The Balaban J connectivity index is 3.07. The van der Waals surface area contributed by atoms with Crippen LogP contribution in [-0.2, 0) is 6.42 Å². The average molecular weight is 264 g/mol. The normalized spacial score (nSPS) is 9.90. The first-order valence-corrected chi connectivity index (χ1v) is 4.74. The molecule has 2 heteroatoms. The van der Waals surface area contributed by atoms with Gasteiger partial charge in [-0.1, -0.05) is 13.0 Å². The fourth-order valence-corrected chi connectivity index (χ4v) is 2.17. The number of aryl methyl sites for hydroxylation is 1. The quantitative estimate of drug-likeness (QED) is 0.584. The number of hydrogen-bond donors (Lipinski definition) is 1. The molecular weight excluding hydrogens is 255 g/mol. The maximum atomic E-state index is 4.24. The van der Waals surface area contributed by atoms with Crippen molar-refractivity contribution in [1.29, 1.82) is 0 Å². The van der Waals surface area contributed by atoms with Gasteiger partial charge in [0, 0.05) is 8.47 Å². The van der Waals surface area contributed by atoms with E-state index in [4.69, 9.17) is 0 Å². The largest absolute Gasteiger partial charge is 0.143 e. The summed E-state index contributed by atoms with van der Waals surface area (Å²) in [6.07, 6.45) is 1.10. The second-order valence-corrected chi connectivity index (χ2v) is 3.81. The first-order valence-electron chi connectivity index (χ1n) is 3.21. The minimum Gasteiger partial charge on any atom is -0.143 e. The van der Waals surface area contributed by atoms with Gasteiger partial charge in [-0.2, -0.15) is 0 Å². The number of thiol groups is 1. The van der Waals surface area contributed by atoms with Crippen molar-refractivity contribution in [3.8, 4) is 0 Å². The lowest BCUT2D eigenvalue weighted by Crippen LogP contribution is -1.84. The standard InChI is InChI=1S/C8H9IS/c1-2-6-3-4-7(10)5-8(6)9/h3-5,10H,2H2,1H3. The topological polar surface area (TPSA) is 0 Å². The summed E-state index contributed by atoms with van der Waals surface area (Å²) in [7, 11) is 0. The van der Waals surface area contributed by atoms with Crippen molar-refractivity contribution in [1.82, 2.24) is 0 Å². The Morgan fingerprint density at radius 3 is 2.70 bits per heavy atom. The molecule has 0 saturated heterocycles. The van der Waals surface area contributed by atoms with Crippen molar-refractivity contribution in [2.24, 2.45) is 0 Å². The van der Waals surface area contributed by atoms with Gasteiger partial charge in [0.1, 0.15) is 0 Å². The monoisotopic (exact) mass is 264 g/mol. The fourth-order valence-electron chi connectivity index (χ4n) is 0.823. The van der Waals surface area contributed by atoms with E-state index in [1.807, 2.05) is 6.07 Å². The van der Waals surface area contributed by atoms with E-state index in [0.29, 0.717) is 0 Å². The predicted molar refractivity (Wildman–Crippen MR) is 55.8 cm³/mol. The van der Waals surface area contributed by atoms with Crippen LogP contribution in [0.15, 0.2) is 23.1 Å². The van der Waals surface area contributed by atoms with Crippen molar-refractivity contribution in [3.63, 3.8) is 0 Å². The van der Waals surface area contributed by atoms with Gasteiger partial charge in [0.15, 0.2) is 0 Å². The summed E-state index contributed by atoms with van der Waals surface area (Å²) in [6, 6.07) is 6.25. The Bertz CT molecular complexity index is 233. The first kappa shape index (κ1) is 8.40. The maximum Gasteiger partial charge on any atom is 0.0173 e. The second kappa shape index (κ2) is 3.62. The highest BCUT2D eigenvalue weighted by atomic mass is 127. The molecule has 0 aliphatic rings. The van der Waals surface area contributed by atoms with Gasteiger partial charge >= 0.3 is 0 Å². The lowest BCUT2D eigenvalue weighted by atomic mass is 10.2. The van der Waals surface area contributed by atoms with Gasteiger partial charge in [0.05, 0.1) is 0 Å². The Morgan fingerprint density at radius 2 is 2.20 bits per heavy atom. The van der Waals surface area contributed by atoms with E-state index in [2.05, 4.69) is 54.3 Å². The van der Waals surface area contributed by atoms with E-state index in [-0.39, 0.29) is 0 Å². The van der Waals surface area contributed by atoms with E-state index in [9.17, 15) is 0 Å². The molecule has 0 saturated carbocycles. The van der Waals surface area contributed by atoms with E-state index < -0.39 is 0 Å². The van der Waals surface area contributed by atoms with Gasteiger partial charge in [-0.3, -0.25) is 0 Å². The zero-order valence-corrected chi connectivity index (χ0v) is 8.82. The molecule has 0 atom stereocenters. The average Bonchev–Trinajstić information content (AvgIpc) is 1.88. The Morgan fingerprint density at radius 1 is 1.50 bits per heavy atom. The van der Waals surface area contributed by atoms with Crippen LogP contribution in [0.4, 0.5) is 0 Å². The smallest absolute Gasteiger partial charge is 0.0173 e. The molecule has 0 spiro atoms. The summed E-state index contributed by atoms with van der Waals surface area (Å²) in [5.41, 5.74) is 1.40. The minimum atomic E-state index is 1.04. The Kier molecular flexibility index (Phi) is 3.04. The van der Waals surface area contributed by atoms with Crippen LogP contribution in [0.25, 0.3) is 0 Å². The molecule has 1 rings (SSSR count). The maximum absolute atomic E-state index is 4.24. The molecule has 1 aromatic carbocycles. The summed E-state index contributed by atoms with van der Waals surface area (Å²) < 4.78 is 1.31. The van der Waals surface area contributed by atoms with Crippen LogP contribution < -0.4 is 0 Å². The van der Waals surface area contributed by atoms with E-state index in [1.54, 1.807) is 0 Å². The molecule has 0 aromatic heterocycles. The van der Waals surface area contributed by atoms with Crippen molar-refractivity contribution < 1.29 is 0 Å². The van der Waals surface area contributed by atoms with E-state index >= 15 is 0 Å². The van der Waals surface area contributed by atoms with Crippen molar-refractivity contribution in [2.45, 2.75) is 18.2 Å². The molecular formula is C8H9IS. The molecule has 0 amide bonds. The number of benzene rings is 1. The van der Waals surface area contributed by atoms with Crippen LogP contribution in [-0.4, -0.2) is 0 Å². The summed E-state index contributed by atoms with van der Waals surface area (Å²) in [5, 5.41) is 0. The zero-order chi connectivity index (χ0) is 7.56. The van der Waals surface area contributed by atoms with Crippen LogP contribution in [0.3, 0.4) is 0 Å². The molecule has 0 bridgehead atoms. The summed E-state index contributed by atoms with van der Waals surface area (Å²) in [6.45, 7) is 2.16. The van der Waals surface area contributed by atoms with Crippen molar-refractivity contribution in [3.05, 3.63) is 27.3 Å². The van der Waals surface area contributed by atoms with Crippen LogP contribution in [0.1, 0.15) is 12.5 Å². The third kappa shape index (κ3) is 1.89. The fraction of sp³-hybridized carbons (Fsp3) is 0.250. The van der Waals surface area contributed by atoms with Crippen molar-refractivity contribution in [2.75, 3.05) is 0 Å². The molecule has 54 valence electrons. The highest BCUT2D eigenvalue weighted by Crippen LogP contribution is 2.16. The molecule has 0 aliphatic heterocycles. The van der Waals surface area contributed by atoms with Crippen LogP contribution >= 0.6 is 35.2 Å². The van der Waals surface area contributed by atoms with E-state index in [1.165, 1.54) is 9.13 Å². The van der Waals surface area contributed by atoms with Crippen LogP contribution in [0.2, 0.25) is 0 Å².